The molecule has 0 aliphatic heterocycles. The summed E-state index contributed by atoms with van der Waals surface area (Å²) in [5, 5.41) is 10.8. The third-order valence-electron chi connectivity index (χ3n) is 4.53. The van der Waals surface area contributed by atoms with Crippen molar-refractivity contribution in [2.75, 3.05) is 0 Å². The van der Waals surface area contributed by atoms with Crippen molar-refractivity contribution >= 4 is 10.8 Å². The van der Waals surface area contributed by atoms with Gasteiger partial charge in [0.25, 0.3) is 0 Å². The van der Waals surface area contributed by atoms with E-state index in [0.717, 1.165) is 48.1 Å². The van der Waals surface area contributed by atoms with E-state index >= 15 is 0 Å². The highest BCUT2D eigenvalue weighted by molar-refractivity contribution is 7.89. The highest BCUT2D eigenvalue weighted by atomic mass is 32.2. The smallest absolute Gasteiger partial charge is 0.0950 e. The minimum atomic E-state index is -1.39. The van der Waals surface area contributed by atoms with Crippen LogP contribution in [0, 0.1) is 12.3 Å². The zero-order valence-electron chi connectivity index (χ0n) is 17.4. The van der Waals surface area contributed by atoms with E-state index in [1.807, 2.05) is 31.2 Å². The minimum Gasteiger partial charge on any atom is -0.387 e. The van der Waals surface area contributed by atoms with Gasteiger partial charge in [0.05, 0.1) is 21.8 Å². The maximum atomic E-state index is 13.2. The fraction of sp³-hybridized carbons (Fsp3) is 0.609. The summed E-state index contributed by atoms with van der Waals surface area (Å²) in [6.45, 7) is 12.8. The van der Waals surface area contributed by atoms with Gasteiger partial charge in [0, 0.05) is 4.90 Å². The summed E-state index contributed by atoms with van der Waals surface area (Å²) in [5.74, 6) is 0. The van der Waals surface area contributed by atoms with Crippen LogP contribution < -0.4 is 0 Å². The Hall–Kier alpha value is -1.15. The van der Waals surface area contributed by atoms with Crippen LogP contribution in [0.1, 0.15) is 78.7 Å². The Morgan fingerprint density at radius 1 is 1.12 bits per heavy atom. The lowest BCUT2D eigenvalue weighted by molar-refractivity contribution is 0.205. The summed E-state index contributed by atoms with van der Waals surface area (Å²) in [6, 6.07) is 7.72. The number of rotatable bonds is 9. The van der Waals surface area contributed by atoms with Crippen LogP contribution in [-0.2, 0) is 10.8 Å². The van der Waals surface area contributed by atoms with Crippen LogP contribution in [0.25, 0.3) is 0 Å². The molecule has 0 saturated heterocycles. The lowest BCUT2D eigenvalue weighted by Gasteiger charge is -2.22. The van der Waals surface area contributed by atoms with Gasteiger partial charge in [0.1, 0.15) is 0 Å². The topological polar surface area (TPSA) is 37.3 Å². The first-order valence-corrected chi connectivity index (χ1v) is 11.0. The molecular formula is C23H36O2S. The Morgan fingerprint density at radius 2 is 1.69 bits per heavy atom. The van der Waals surface area contributed by atoms with Crippen molar-refractivity contribution in [3.05, 3.63) is 46.0 Å². The molecule has 0 radical (unpaired) electrons. The first-order valence-electron chi connectivity index (χ1n) is 9.87. The number of hydrogen-bond donors (Lipinski definition) is 1. The maximum Gasteiger partial charge on any atom is 0.0950 e. The summed E-state index contributed by atoms with van der Waals surface area (Å²) in [7, 11) is -1.39. The number of benzene rings is 1. The van der Waals surface area contributed by atoms with E-state index in [0.29, 0.717) is 11.3 Å². The highest BCUT2D eigenvalue weighted by Gasteiger charge is 2.22. The molecular weight excluding hydrogens is 340 g/mol. The summed E-state index contributed by atoms with van der Waals surface area (Å²) in [6.07, 6.45) is 4.95. The van der Waals surface area contributed by atoms with Crippen LogP contribution in [0.15, 0.2) is 45.4 Å². The van der Waals surface area contributed by atoms with Gasteiger partial charge in [0.15, 0.2) is 0 Å². The molecule has 2 atom stereocenters. The predicted molar refractivity (Wildman–Crippen MR) is 113 cm³/mol. The zero-order chi connectivity index (χ0) is 19.7. The van der Waals surface area contributed by atoms with Gasteiger partial charge < -0.3 is 5.11 Å². The normalized spacial score (nSPS) is 13.8. The lowest BCUT2D eigenvalue weighted by Crippen LogP contribution is -2.16. The van der Waals surface area contributed by atoms with Crippen molar-refractivity contribution in [1.82, 2.24) is 0 Å². The van der Waals surface area contributed by atoms with Crippen molar-refractivity contribution in [1.29, 1.82) is 0 Å². The van der Waals surface area contributed by atoms with Crippen LogP contribution in [-0.4, -0.2) is 15.4 Å². The van der Waals surface area contributed by atoms with Crippen molar-refractivity contribution in [3.8, 4) is 0 Å². The quantitative estimate of drug-likeness (QED) is 0.514. The second-order valence-electron chi connectivity index (χ2n) is 8.06. The highest BCUT2D eigenvalue weighted by Crippen LogP contribution is 2.30. The third kappa shape index (κ3) is 7.23. The molecule has 1 rings (SSSR count). The van der Waals surface area contributed by atoms with Gasteiger partial charge in [-0.1, -0.05) is 71.6 Å². The Morgan fingerprint density at radius 3 is 2.19 bits per heavy atom. The minimum absolute atomic E-state index is 0.0532. The molecule has 26 heavy (non-hydrogen) atoms. The SMILES string of the molecule is CCCCC(=C=C([C@H](O)CCCC)S(=O)c1ccc(C)cc1)C(C)(C)C. The maximum absolute atomic E-state index is 13.2. The fourth-order valence-electron chi connectivity index (χ4n) is 2.70. The second-order valence-corrected chi connectivity index (χ2v) is 9.51. The van der Waals surface area contributed by atoms with Crippen molar-refractivity contribution in [2.45, 2.75) is 91.1 Å². The molecule has 0 heterocycles. The number of aliphatic hydroxyl groups is 1. The second kappa shape index (κ2) is 10.9. The monoisotopic (exact) mass is 376 g/mol. The van der Waals surface area contributed by atoms with Crippen molar-refractivity contribution in [2.24, 2.45) is 5.41 Å². The summed E-state index contributed by atoms with van der Waals surface area (Å²) < 4.78 is 13.2. The average Bonchev–Trinajstić information content (AvgIpc) is 2.58. The van der Waals surface area contributed by atoms with E-state index in [2.05, 4.69) is 40.3 Å². The number of aliphatic hydroxyl groups excluding tert-OH is 1. The third-order valence-corrected chi connectivity index (χ3v) is 6.00. The van der Waals surface area contributed by atoms with Gasteiger partial charge >= 0.3 is 0 Å². The fourth-order valence-corrected chi connectivity index (χ4v) is 3.92. The molecule has 0 spiro atoms. The van der Waals surface area contributed by atoms with Gasteiger partial charge in [0.2, 0.25) is 0 Å². The molecule has 146 valence electrons. The predicted octanol–water partition coefficient (Wildman–Crippen LogP) is 6.30. The van der Waals surface area contributed by atoms with Crippen molar-refractivity contribution in [3.63, 3.8) is 0 Å². The number of hydrogen-bond acceptors (Lipinski definition) is 2. The molecule has 0 aromatic heterocycles. The van der Waals surface area contributed by atoms with Crippen LogP contribution in [0.4, 0.5) is 0 Å². The Kier molecular flexibility index (Phi) is 9.57. The number of unbranched alkanes of at least 4 members (excludes halogenated alkanes) is 2. The molecule has 0 saturated carbocycles. The van der Waals surface area contributed by atoms with E-state index in [1.54, 1.807) is 0 Å². The van der Waals surface area contributed by atoms with Crippen LogP contribution >= 0.6 is 0 Å². The van der Waals surface area contributed by atoms with Gasteiger partial charge in [-0.2, -0.15) is 0 Å². The number of aryl methyl sites for hydroxylation is 1. The van der Waals surface area contributed by atoms with Crippen LogP contribution in [0.3, 0.4) is 0 Å². The van der Waals surface area contributed by atoms with Gasteiger partial charge in [-0.15, -0.1) is 5.73 Å². The molecule has 1 unspecified atom stereocenters. The van der Waals surface area contributed by atoms with Crippen LogP contribution in [0.2, 0.25) is 0 Å². The zero-order valence-corrected chi connectivity index (χ0v) is 18.2. The summed E-state index contributed by atoms with van der Waals surface area (Å²) >= 11 is 0. The lowest BCUT2D eigenvalue weighted by atomic mass is 9.84. The molecule has 0 bridgehead atoms. The largest absolute Gasteiger partial charge is 0.387 e. The first kappa shape index (κ1) is 22.9. The molecule has 3 heteroatoms. The summed E-state index contributed by atoms with van der Waals surface area (Å²) in [5.41, 5.74) is 5.66. The average molecular weight is 377 g/mol. The molecule has 0 amide bonds. The molecule has 1 aromatic rings. The van der Waals surface area contributed by atoms with E-state index < -0.39 is 16.9 Å². The van der Waals surface area contributed by atoms with E-state index in [1.165, 1.54) is 0 Å². The Balaban J connectivity index is 3.43. The Labute approximate surface area is 162 Å². The van der Waals surface area contributed by atoms with E-state index in [4.69, 9.17) is 0 Å². The first-order chi connectivity index (χ1) is 12.2. The molecule has 0 fully saturated rings. The van der Waals surface area contributed by atoms with E-state index in [9.17, 15) is 9.32 Å². The summed E-state index contributed by atoms with van der Waals surface area (Å²) in [4.78, 5) is 1.26. The van der Waals surface area contributed by atoms with E-state index in [-0.39, 0.29) is 5.41 Å². The van der Waals surface area contributed by atoms with Gasteiger partial charge in [-0.25, -0.2) is 4.21 Å². The molecule has 0 aliphatic carbocycles. The van der Waals surface area contributed by atoms with Gasteiger partial charge in [-0.05, 0) is 49.3 Å². The molecule has 1 N–H and O–H groups in total. The Bertz CT molecular complexity index is 644. The molecule has 0 aliphatic rings. The molecule has 1 aromatic carbocycles. The van der Waals surface area contributed by atoms with Gasteiger partial charge in [-0.3, -0.25) is 0 Å². The van der Waals surface area contributed by atoms with Crippen LogP contribution in [0.5, 0.6) is 0 Å². The standard InChI is InChI=1S/C23H36O2S/c1-7-9-11-19(23(4,5)6)17-22(21(24)12-10-8-2)26(25)20-15-13-18(3)14-16-20/h13-16,21,24H,7-12H2,1-6H3/t17?,21-,26?/m1/s1. The molecule has 2 nitrogen and oxygen atoms in total. The van der Waals surface area contributed by atoms with Crippen molar-refractivity contribution < 1.29 is 9.32 Å².